The summed E-state index contributed by atoms with van der Waals surface area (Å²) < 4.78 is 0. The third-order valence-corrected chi connectivity index (χ3v) is 5.60. The first-order chi connectivity index (χ1) is 13.6. The van der Waals surface area contributed by atoms with Crippen molar-refractivity contribution < 1.29 is 15.0 Å². The number of aryl methyl sites for hydroxylation is 2. The van der Waals surface area contributed by atoms with Crippen molar-refractivity contribution in [2.45, 2.75) is 117 Å². The summed E-state index contributed by atoms with van der Waals surface area (Å²) in [5.74, 6) is -1.05. The van der Waals surface area contributed by atoms with Crippen molar-refractivity contribution in [3.05, 3.63) is 28.8 Å². The summed E-state index contributed by atoms with van der Waals surface area (Å²) in [5.41, 5.74) is 1.94. The number of aromatic carboxylic acids is 1. The second-order valence-electron chi connectivity index (χ2n) is 8.20. The Hall–Kier alpha value is -1.51. The first kappa shape index (κ1) is 24.5. The van der Waals surface area contributed by atoms with E-state index in [0.29, 0.717) is 0 Å². The highest BCUT2D eigenvalue weighted by Gasteiger charge is 2.15. The topological polar surface area (TPSA) is 57.5 Å². The predicted octanol–water partition coefficient (Wildman–Crippen LogP) is 7.68. The average Bonchev–Trinajstić information content (AvgIpc) is 2.68. The zero-order valence-electron chi connectivity index (χ0n) is 18.3. The number of unbranched alkanes of at least 4 members (excludes halogenated alkanes) is 12. The molecule has 0 saturated heterocycles. The second kappa shape index (κ2) is 15.4. The van der Waals surface area contributed by atoms with Gasteiger partial charge in [-0.25, -0.2) is 4.79 Å². The maximum atomic E-state index is 11.5. The molecule has 1 rings (SSSR count). The van der Waals surface area contributed by atoms with E-state index in [4.69, 9.17) is 0 Å². The smallest absolute Gasteiger partial charge is 0.339 e. The van der Waals surface area contributed by atoms with Crippen LogP contribution in [0.25, 0.3) is 0 Å². The summed E-state index contributed by atoms with van der Waals surface area (Å²) in [7, 11) is 0. The largest absolute Gasteiger partial charge is 0.507 e. The molecule has 0 radical (unpaired) electrons. The van der Waals surface area contributed by atoms with Crippen molar-refractivity contribution in [2.24, 2.45) is 0 Å². The van der Waals surface area contributed by atoms with Gasteiger partial charge < -0.3 is 10.2 Å². The van der Waals surface area contributed by atoms with E-state index in [1.54, 1.807) is 6.07 Å². The number of rotatable bonds is 17. The molecule has 0 heterocycles. The molecule has 0 spiro atoms. The summed E-state index contributed by atoms with van der Waals surface area (Å²) in [6, 6.07) is 3.71. The fourth-order valence-corrected chi connectivity index (χ4v) is 3.82. The van der Waals surface area contributed by atoms with Crippen LogP contribution in [0, 0.1) is 0 Å². The van der Waals surface area contributed by atoms with E-state index in [-0.39, 0.29) is 11.3 Å². The molecule has 3 nitrogen and oxygen atoms in total. The molecule has 0 bridgehead atoms. The summed E-state index contributed by atoms with van der Waals surface area (Å²) in [5, 5.41) is 19.8. The van der Waals surface area contributed by atoms with E-state index in [1.165, 1.54) is 70.6 Å². The van der Waals surface area contributed by atoms with Crippen LogP contribution >= 0.6 is 0 Å². The van der Waals surface area contributed by atoms with Gasteiger partial charge in [-0.2, -0.15) is 0 Å². The monoisotopic (exact) mass is 390 g/mol. The summed E-state index contributed by atoms with van der Waals surface area (Å²) >= 11 is 0. The molecule has 1 aromatic rings. The molecule has 160 valence electrons. The lowest BCUT2D eigenvalue weighted by Crippen LogP contribution is -2.02. The van der Waals surface area contributed by atoms with E-state index in [9.17, 15) is 15.0 Å². The van der Waals surface area contributed by atoms with Crippen LogP contribution in [0.1, 0.15) is 125 Å². The first-order valence-corrected chi connectivity index (χ1v) is 11.7. The maximum Gasteiger partial charge on any atom is 0.339 e. The number of hydrogen-bond acceptors (Lipinski definition) is 2. The van der Waals surface area contributed by atoms with Gasteiger partial charge in [0, 0.05) is 0 Å². The van der Waals surface area contributed by atoms with Gasteiger partial charge in [-0.1, -0.05) is 97.0 Å². The van der Waals surface area contributed by atoms with Gasteiger partial charge in [0.05, 0.1) is 0 Å². The van der Waals surface area contributed by atoms with Crippen LogP contribution in [0.3, 0.4) is 0 Å². The molecule has 0 amide bonds. The number of hydrogen-bond donors (Lipinski definition) is 2. The molecule has 0 atom stereocenters. The van der Waals surface area contributed by atoms with Gasteiger partial charge in [0.25, 0.3) is 0 Å². The van der Waals surface area contributed by atoms with Gasteiger partial charge in [0.1, 0.15) is 11.3 Å². The summed E-state index contributed by atoms with van der Waals surface area (Å²) in [6.45, 7) is 4.46. The number of carboxylic acid groups (broad SMARTS) is 1. The highest BCUT2D eigenvalue weighted by molar-refractivity contribution is 5.91. The number of carboxylic acids is 1. The van der Waals surface area contributed by atoms with Crippen molar-refractivity contribution in [1.29, 1.82) is 0 Å². The molecule has 0 fully saturated rings. The first-order valence-electron chi connectivity index (χ1n) is 11.7. The zero-order valence-corrected chi connectivity index (χ0v) is 18.3. The Morgan fingerprint density at radius 2 is 1.18 bits per heavy atom. The van der Waals surface area contributed by atoms with E-state index in [2.05, 4.69) is 13.8 Å². The van der Waals surface area contributed by atoms with Crippen molar-refractivity contribution in [1.82, 2.24) is 0 Å². The van der Waals surface area contributed by atoms with Crippen molar-refractivity contribution in [3.8, 4) is 5.75 Å². The number of carbonyl (C=O) groups is 1. The van der Waals surface area contributed by atoms with E-state index >= 15 is 0 Å². The lowest BCUT2D eigenvalue weighted by molar-refractivity contribution is 0.0693. The lowest BCUT2D eigenvalue weighted by Gasteiger charge is -2.11. The normalized spacial score (nSPS) is 11.1. The van der Waals surface area contributed by atoms with Gasteiger partial charge in [-0.15, -0.1) is 0 Å². The molecule has 0 aliphatic rings. The minimum atomic E-state index is -1.03. The van der Waals surface area contributed by atoms with Gasteiger partial charge in [-0.3, -0.25) is 0 Å². The fourth-order valence-electron chi connectivity index (χ4n) is 3.82. The summed E-state index contributed by atoms with van der Waals surface area (Å²) in [4.78, 5) is 11.5. The molecule has 0 saturated carbocycles. The second-order valence-corrected chi connectivity index (χ2v) is 8.20. The Bertz CT molecular complexity index is 551. The fraction of sp³-hybridized carbons (Fsp3) is 0.720. The van der Waals surface area contributed by atoms with Crippen LogP contribution in [0.4, 0.5) is 0 Å². The Balaban J connectivity index is 2.50. The summed E-state index contributed by atoms with van der Waals surface area (Å²) in [6.07, 6.45) is 19.0. The van der Waals surface area contributed by atoms with E-state index < -0.39 is 5.97 Å². The minimum Gasteiger partial charge on any atom is -0.507 e. The Morgan fingerprint density at radius 3 is 1.68 bits per heavy atom. The Labute approximate surface area is 172 Å². The van der Waals surface area contributed by atoms with E-state index in [1.807, 2.05) is 6.07 Å². The maximum absolute atomic E-state index is 11.5. The van der Waals surface area contributed by atoms with Crippen LogP contribution < -0.4 is 0 Å². The SMILES string of the molecule is CCCCCCCCCc1cc(CCCCCCCCC)c(O)c(C(=O)O)c1. The quantitative estimate of drug-likeness (QED) is 0.268. The zero-order chi connectivity index (χ0) is 20.6. The van der Waals surface area contributed by atoms with Gasteiger partial charge >= 0.3 is 5.97 Å². The highest BCUT2D eigenvalue weighted by atomic mass is 16.4. The van der Waals surface area contributed by atoms with Crippen LogP contribution in [-0.2, 0) is 12.8 Å². The number of benzene rings is 1. The van der Waals surface area contributed by atoms with Crippen molar-refractivity contribution in [2.75, 3.05) is 0 Å². The molecule has 3 heteroatoms. The Morgan fingerprint density at radius 1 is 0.714 bits per heavy atom. The highest BCUT2D eigenvalue weighted by Crippen LogP contribution is 2.28. The van der Waals surface area contributed by atoms with Crippen molar-refractivity contribution in [3.63, 3.8) is 0 Å². The van der Waals surface area contributed by atoms with Crippen LogP contribution in [-0.4, -0.2) is 16.2 Å². The molecule has 1 aromatic carbocycles. The van der Waals surface area contributed by atoms with Crippen LogP contribution in [0.5, 0.6) is 5.75 Å². The third-order valence-electron chi connectivity index (χ3n) is 5.60. The molecular weight excluding hydrogens is 348 g/mol. The number of phenols is 1. The molecule has 0 aliphatic heterocycles. The lowest BCUT2D eigenvalue weighted by atomic mass is 9.96. The molecule has 2 N–H and O–H groups in total. The van der Waals surface area contributed by atoms with Crippen molar-refractivity contribution >= 4 is 5.97 Å². The number of aromatic hydroxyl groups is 1. The van der Waals surface area contributed by atoms with Crippen LogP contribution in [0.2, 0.25) is 0 Å². The molecule has 28 heavy (non-hydrogen) atoms. The molecule has 0 unspecified atom stereocenters. The Kier molecular flexibility index (Phi) is 13.5. The molecule has 0 aromatic heterocycles. The van der Waals surface area contributed by atoms with E-state index in [0.717, 1.165) is 43.2 Å². The average molecular weight is 391 g/mol. The molecule has 0 aliphatic carbocycles. The van der Waals surface area contributed by atoms with Gasteiger partial charge in [0.2, 0.25) is 0 Å². The van der Waals surface area contributed by atoms with Gasteiger partial charge in [-0.05, 0) is 42.9 Å². The minimum absolute atomic E-state index is 0.0261. The molecular formula is C25H42O3. The third kappa shape index (κ3) is 10.1. The standard InChI is InChI=1S/C25H42O3/c1-3-5-7-9-11-13-15-17-21-19-22(24(26)23(20-21)25(27)28)18-16-14-12-10-8-6-4-2/h19-20,26H,3-18H2,1-2H3,(H,27,28). The van der Waals surface area contributed by atoms with Crippen LogP contribution in [0.15, 0.2) is 12.1 Å². The predicted molar refractivity (Wildman–Crippen MR) is 118 cm³/mol. The van der Waals surface area contributed by atoms with Gasteiger partial charge in [0.15, 0.2) is 0 Å².